The van der Waals surface area contributed by atoms with Gasteiger partial charge in [-0.2, -0.15) is 5.26 Å². The first-order valence-electron chi connectivity index (χ1n) is 13.4. The van der Waals surface area contributed by atoms with Crippen molar-refractivity contribution in [2.24, 2.45) is 0 Å². The van der Waals surface area contributed by atoms with E-state index in [4.69, 9.17) is 10.00 Å². The molecule has 7 nitrogen and oxygen atoms in total. The van der Waals surface area contributed by atoms with Crippen LogP contribution in [0.25, 0.3) is 0 Å². The molecule has 0 fully saturated rings. The number of ether oxygens (including phenoxy) is 1. The monoisotopic (exact) mass is 533 g/mol. The number of benzene rings is 3. The minimum atomic E-state index is -0.693. The van der Waals surface area contributed by atoms with Gasteiger partial charge in [0.15, 0.2) is 0 Å². The van der Waals surface area contributed by atoms with Crippen LogP contribution in [0.2, 0.25) is 0 Å². The van der Waals surface area contributed by atoms with E-state index in [2.05, 4.69) is 17.9 Å². The Balaban J connectivity index is 1.78. The lowest BCUT2D eigenvalue weighted by atomic mass is 10.00. The molecule has 3 aromatic carbocycles. The predicted octanol–water partition coefficient (Wildman–Crippen LogP) is 5.42. The van der Waals surface area contributed by atoms with Gasteiger partial charge in [-0.25, -0.2) is 0 Å². The molecule has 0 saturated heterocycles. The molecule has 3 aromatic rings. The molecule has 1 heterocycles. The molecule has 2 amide bonds. The van der Waals surface area contributed by atoms with Gasteiger partial charge in [-0.15, -0.1) is 0 Å². The van der Waals surface area contributed by atoms with Crippen LogP contribution >= 0.6 is 0 Å². The fourth-order valence-electron chi connectivity index (χ4n) is 4.68. The van der Waals surface area contributed by atoms with Crippen LogP contribution in [0, 0.1) is 23.2 Å². The van der Waals surface area contributed by atoms with Crippen LogP contribution in [0.4, 0.5) is 5.69 Å². The minimum absolute atomic E-state index is 0.0801. The van der Waals surface area contributed by atoms with Gasteiger partial charge in [0.1, 0.15) is 6.54 Å². The number of rotatable bonds is 9. The van der Waals surface area contributed by atoms with Gasteiger partial charge in [-0.05, 0) is 42.7 Å². The van der Waals surface area contributed by atoms with Gasteiger partial charge >= 0.3 is 5.97 Å². The second kappa shape index (κ2) is 13.8. The fourth-order valence-corrected chi connectivity index (χ4v) is 4.68. The number of anilines is 1. The van der Waals surface area contributed by atoms with Gasteiger partial charge in [0.2, 0.25) is 5.91 Å². The number of hydrogen-bond acceptors (Lipinski definition) is 5. The number of carbonyl (C=O) groups excluding carboxylic acids is 3. The Morgan fingerprint density at radius 2 is 1.73 bits per heavy atom. The van der Waals surface area contributed by atoms with E-state index >= 15 is 0 Å². The van der Waals surface area contributed by atoms with Crippen molar-refractivity contribution in [1.29, 1.82) is 5.26 Å². The summed E-state index contributed by atoms with van der Waals surface area (Å²) in [6.07, 6.45) is 1.60. The summed E-state index contributed by atoms with van der Waals surface area (Å²) in [6.45, 7) is 2.04. The summed E-state index contributed by atoms with van der Waals surface area (Å²) in [7, 11) is 0. The highest BCUT2D eigenvalue weighted by molar-refractivity contribution is 6.10. The lowest BCUT2D eigenvalue weighted by molar-refractivity contribution is -0.144. The standard InChI is InChI=1S/C33H31N3O4/c1-2-40-32(38)22-30(27-16-10-6-11-17-27)36-24-31(37)35(23-26-14-8-5-9-15-26)29-19-18-25(21-28(29)33(36)39)13-7-3-4-12-20-34/h5-6,8-11,14-19,21,30H,2-4,12,22-24H2,1H3. The average molecular weight is 534 g/mol. The predicted molar refractivity (Wildman–Crippen MR) is 152 cm³/mol. The van der Waals surface area contributed by atoms with Crippen LogP contribution in [0.1, 0.15) is 65.7 Å². The summed E-state index contributed by atoms with van der Waals surface area (Å²) >= 11 is 0. The molecule has 40 heavy (non-hydrogen) atoms. The third-order valence-corrected chi connectivity index (χ3v) is 6.62. The maximum Gasteiger partial charge on any atom is 0.308 e. The smallest absolute Gasteiger partial charge is 0.308 e. The Bertz CT molecular complexity index is 1450. The van der Waals surface area contributed by atoms with Crippen molar-refractivity contribution in [3.63, 3.8) is 0 Å². The largest absolute Gasteiger partial charge is 0.466 e. The number of fused-ring (bicyclic) bond motifs is 1. The number of esters is 1. The number of nitrogens with zero attached hydrogens (tertiary/aromatic N) is 3. The summed E-state index contributed by atoms with van der Waals surface area (Å²) in [5.41, 5.74) is 3.15. The minimum Gasteiger partial charge on any atom is -0.466 e. The van der Waals surface area contributed by atoms with Crippen molar-refractivity contribution in [2.75, 3.05) is 18.1 Å². The van der Waals surface area contributed by atoms with Crippen molar-refractivity contribution in [3.8, 4) is 17.9 Å². The van der Waals surface area contributed by atoms with E-state index in [1.54, 1.807) is 30.0 Å². The third-order valence-electron chi connectivity index (χ3n) is 6.62. The van der Waals surface area contributed by atoms with Gasteiger partial charge in [0.25, 0.3) is 5.91 Å². The van der Waals surface area contributed by atoms with Crippen LogP contribution in [0.15, 0.2) is 78.9 Å². The normalized spacial score (nSPS) is 13.4. The van der Waals surface area contributed by atoms with Gasteiger partial charge < -0.3 is 14.5 Å². The Morgan fingerprint density at radius 3 is 2.42 bits per heavy atom. The van der Waals surface area contributed by atoms with Crippen molar-refractivity contribution in [1.82, 2.24) is 4.90 Å². The van der Waals surface area contributed by atoms with E-state index in [0.29, 0.717) is 42.6 Å². The summed E-state index contributed by atoms with van der Waals surface area (Å²) in [5.74, 6) is 5.10. The average Bonchev–Trinajstić information content (AvgIpc) is 3.07. The van der Waals surface area contributed by atoms with Crippen LogP contribution in [0.5, 0.6) is 0 Å². The molecule has 0 spiro atoms. The topological polar surface area (TPSA) is 90.7 Å². The zero-order valence-corrected chi connectivity index (χ0v) is 22.5. The Hall–Kier alpha value is -4.88. The first kappa shape index (κ1) is 28.1. The maximum atomic E-state index is 14.2. The number of amides is 2. The molecule has 1 aliphatic heterocycles. The molecule has 0 radical (unpaired) electrons. The highest BCUT2D eigenvalue weighted by atomic mass is 16.5. The molecular weight excluding hydrogens is 502 g/mol. The number of hydrogen-bond donors (Lipinski definition) is 0. The summed E-state index contributed by atoms with van der Waals surface area (Å²) in [4.78, 5) is 43.8. The second-order valence-corrected chi connectivity index (χ2v) is 9.38. The van der Waals surface area contributed by atoms with E-state index in [1.807, 2.05) is 60.7 Å². The van der Waals surface area contributed by atoms with Crippen LogP contribution < -0.4 is 4.90 Å². The molecule has 1 unspecified atom stereocenters. The lowest BCUT2D eigenvalue weighted by Crippen LogP contribution is -2.41. The van der Waals surface area contributed by atoms with Crippen molar-refractivity contribution in [3.05, 3.63) is 101 Å². The molecule has 0 aromatic heterocycles. The van der Waals surface area contributed by atoms with E-state index in [9.17, 15) is 14.4 Å². The van der Waals surface area contributed by atoms with Crippen molar-refractivity contribution < 1.29 is 19.1 Å². The fraction of sp³-hybridized carbons (Fsp3) is 0.273. The van der Waals surface area contributed by atoms with Crippen LogP contribution in [-0.2, 0) is 20.9 Å². The molecule has 7 heteroatoms. The molecule has 1 atom stereocenters. The van der Waals surface area contributed by atoms with Crippen LogP contribution in [-0.4, -0.2) is 35.8 Å². The molecule has 1 aliphatic rings. The second-order valence-electron chi connectivity index (χ2n) is 9.38. The highest BCUT2D eigenvalue weighted by Crippen LogP contribution is 2.34. The van der Waals surface area contributed by atoms with Crippen molar-refractivity contribution >= 4 is 23.5 Å². The highest BCUT2D eigenvalue weighted by Gasteiger charge is 2.37. The quantitative estimate of drug-likeness (QED) is 0.208. The summed E-state index contributed by atoms with van der Waals surface area (Å²) in [5, 5.41) is 8.76. The third kappa shape index (κ3) is 6.95. The Kier molecular flexibility index (Phi) is 9.69. The van der Waals surface area contributed by atoms with E-state index in [1.165, 1.54) is 4.90 Å². The molecule has 0 saturated carbocycles. The Labute approximate surface area is 235 Å². The summed E-state index contributed by atoms with van der Waals surface area (Å²) < 4.78 is 5.23. The molecule has 4 rings (SSSR count). The number of carbonyl (C=O) groups is 3. The van der Waals surface area contributed by atoms with Crippen LogP contribution in [0.3, 0.4) is 0 Å². The molecule has 202 valence electrons. The van der Waals surface area contributed by atoms with Gasteiger partial charge in [0, 0.05) is 18.4 Å². The van der Waals surface area contributed by atoms with E-state index < -0.39 is 12.0 Å². The molecular formula is C33H31N3O4. The zero-order valence-electron chi connectivity index (χ0n) is 22.5. The van der Waals surface area contributed by atoms with Gasteiger partial charge in [0.05, 0.1) is 42.9 Å². The first-order valence-corrected chi connectivity index (χ1v) is 13.4. The number of unbranched alkanes of at least 4 members (excludes halogenated alkanes) is 2. The molecule has 0 bridgehead atoms. The SMILES string of the molecule is CCOC(=O)CC(c1ccccc1)N1CC(=O)N(Cc2ccccc2)c2ccc(C#CCCCC#N)cc2C1=O. The summed E-state index contributed by atoms with van der Waals surface area (Å²) in [6, 6.07) is 25.5. The Morgan fingerprint density at radius 1 is 1.00 bits per heavy atom. The number of nitriles is 1. The first-order chi connectivity index (χ1) is 19.5. The lowest BCUT2D eigenvalue weighted by Gasteiger charge is -2.30. The molecule has 0 aliphatic carbocycles. The van der Waals surface area contributed by atoms with E-state index in [0.717, 1.165) is 11.1 Å². The maximum absolute atomic E-state index is 14.2. The van der Waals surface area contributed by atoms with Crippen molar-refractivity contribution in [2.45, 2.75) is 45.2 Å². The van der Waals surface area contributed by atoms with Gasteiger partial charge in [-0.3, -0.25) is 14.4 Å². The zero-order chi connectivity index (χ0) is 28.3. The molecule has 0 N–H and O–H groups in total. The van der Waals surface area contributed by atoms with Gasteiger partial charge in [-0.1, -0.05) is 72.5 Å². The van der Waals surface area contributed by atoms with E-state index in [-0.39, 0.29) is 31.4 Å².